The molecule has 2 aromatic rings. The third-order valence-corrected chi connectivity index (χ3v) is 4.17. The predicted molar refractivity (Wildman–Crippen MR) is 97.8 cm³/mol. The molecule has 0 aliphatic carbocycles. The zero-order chi connectivity index (χ0) is 18.4. The maximum absolute atomic E-state index is 12.3. The fourth-order valence-electron chi connectivity index (χ4n) is 2.48. The minimum Gasteiger partial charge on any atom is -0.353 e. The molecule has 25 heavy (non-hydrogen) atoms. The maximum atomic E-state index is 12.3. The molecule has 0 saturated carbocycles. The minimum atomic E-state index is -0.362. The monoisotopic (exact) mass is 362 g/mol. The molecule has 0 radical (unpaired) electrons. The highest BCUT2D eigenvalue weighted by molar-refractivity contribution is 6.33. The Kier molecular flexibility index (Phi) is 6.58. The predicted octanol–water partition coefficient (Wildman–Crippen LogP) is 2.77. The Bertz CT molecular complexity index is 742. The van der Waals surface area contributed by atoms with Crippen molar-refractivity contribution >= 4 is 23.4 Å². The molecule has 134 valence electrons. The molecule has 0 saturated heterocycles. The van der Waals surface area contributed by atoms with E-state index in [2.05, 4.69) is 15.6 Å². The number of hydrogen-bond acceptors (Lipinski definition) is 3. The summed E-state index contributed by atoms with van der Waals surface area (Å²) in [6.45, 7) is 6.56. The van der Waals surface area contributed by atoms with E-state index in [9.17, 15) is 9.59 Å². The van der Waals surface area contributed by atoms with E-state index in [0.717, 1.165) is 5.82 Å². The Morgan fingerprint density at radius 1 is 1.16 bits per heavy atom. The number of nitrogens with zero attached hydrogens (tertiary/aromatic N) is 2. The lowest BCUT2D eigenvalue weighted by molar-refractivity contribution is -0.123. The van der Waals surface area contributed by atoms with E-state index in [1.54, 1.807) is 36.7 Å². The second-order valence-corrected chi connectivity index (χ2v) is 6.46. The van der Waals surface area contributed by atoms with Crippen LogP contribution in [0, 0.1) is 0 Å². The summed E-state index contributed by atoms with van der Waals surface area (Å²) in [5.41, 5.74) is 0.420. The Morgan fingerprint density at radius 3 is 2.52 bits per heavy atom. The van der Waals surface area contributed by atoms with Crippen molar-refractivity contribution in [1.29, 1.82) is 0 Å². The molecule has 0 aliphatic rings. The van der Waals surface area contributed by atoms with E-state index >= 15 is 0 Å². The Balaban J connectivity index is 1.81. The molecule has 2 rings (SSSR count). The van der Waals surface area contributed by atoms with Crippen LogP contribution in [-0.2, 0) is 4.79 Å². The van der Waals surface area contributed by atoms with Crippen molar-refractivity contribution in [2.45, 2.75) is 32.7 Å². The van der Waals surface area contributed by atoms with Gasteiger partial charge < -0.3 is 15.2 Å². The normalized spacial score (nSPS) is 12.0. The van der Waals surface area contributed by atoms with Gasteiger partial charge in [0.25, 0.3) is 5.91 Å². The molecule has 0 bridgehead atoms. The molecular formula is C18H23ClN4O2. The smallest absolute Gasteiger partial charge is 0.252 e. The van der Waals surface area contributed by atoms with Gasteiger partial charge in [-0.05, 0) is 19.1 Å². The third-order valence-electron chi connectivity index (χ3n) is 3.84. The zero-order valence-corrected chi connectivity index (χ0v) is 15.4. The molecule has 0 fully saturated rings. The van der Waals surface area contributed by atoms with Crippen LogP contribution in [0.15, 0.2) is 36.7 Å². The molecule has 1 aromatic heterocycles. The van der Waals surface area contributed by atoms with Gasteiger partial charge in [-0.3, -0.25) is 9.59 Å². The van der Waals surface area contributed by atoms with Gasteiger partial charge in [-0.25, -0.2) is 4.98 Å². The van der Waals surface area contributed by atoms with E-state index in [0.29, 0.717) is 23.7 Å². The summed E-state index contributed by atoms with van der Waals surface area (Å²) >= 11 is 5.98. The van der Waals surface area contributed by atoms with Crippen LogP contribution in [0.2, 0.25) is 5.02 Å². The van der Waals surface area contributed by atoms with E-state index in [1.807, 2.05) is 25.3 Å². The molecule has 1 atom stereocenters. The number of amides is 2. The molecule has 2 N–H and O–H groups in total. The zero-order valence-electron chi connectivity index (χ0n) is 14.6. The topological polar surface area (TPSA) is 76.0 Å². The van der Waals surface area contributed by atoms with Crippen LogP contribution in [0.25, 0.3) is 0 Å². The van der Waals surface area contributed by atoms with Gasteiger partial charge in [0.2, 0.25) is 5.91 Å². The van der Waals surface area contributed by atoms with Gasteiger partial charge in [0.1, 0.15) is 11.9 Å². The number of hydrogen-bond donors (Lipinski definition) is 2. The molecule has 0 spiro atoms. The van der Waals surface area contributed by atoms with Gasteiger partial charge in [-0.15, -0.1) is 0 Å². The summed E-state index contributed by atoms with van der Waals surface area (Å²) in [7, 11) is 0. The van der Waals surface area contributed by atoms with Gasteiger partial charge in [0, 0.05) is 31.4 Å². The van der Waals surface area contributed by atoms with Crippen LogP contribution >= 0.6 is 11.6 Å². The van der Waals surface area contributed by atoms with Crippen molar-refractivity contribution in [2.75, 3.05) is 13.1 Å². The van der Waals surface area contributed by atoms with Gasteiger partial charge in [0.15, 0.2) is 0 Å². The Morgan fingerprint density at radius 2 is 1.84 bits per heavy atom. The van der Waals surface area contributed by atoms with Crippen molar-refractivity contribution in [3.63, 3.8) is 0 Å². The summed E-state index contributed by atoms with van der Waals surface area (Å²) in [5, 5.41) is 5.97. The van der Waals surface area contributed by atoms with Crippen molar-refractivity contribution in [2.24, 2.45) is 0 Å². The fraction of sp³-hybridized carbons (Fsp3) is 0.389. The molecule has 1 heterocycles. The first-order valence-electron chi connectivity index (χ1n) is 8.25. The second kappa shape index (κ2) is 8.67. The van der Waals surface area contributed by atoms with Crippen molar-refractivity contribution in [1.82, 2.24) is 20.2 Å². The lowest BCUT2D eigenvalue weighted by Crippen LogP contribution is -2.38. The standard InChI is InChI=1S/C18H23ClN4O2/c1-12(2)16-20-10-11-23(16)13(3)17(24)21-8-9-22-18(25)14-6-4-5-7-15(14)19/h4-7,10-13H,8-9H2,1-3H3,(H,21,24)(H,22,25)/t13-/m1/s1. The first-order valence-corrected chi connectivity index (χ1v) is 8.62. The van der Waals surface area contributed by atoms with E-state index in [4.69, 9.17) is 11.6 Å². The number of carbonyl (C=O) groups is 2. The molecule has 1 aromatic carbocycles. The number of aromatic nitrogens is 2. The van der Waals surface area contributed by atoms with Gasteiger partial charge in [-0.2, -0.15) is 0 Å². The number of carbonyl (C=O) groups excluding carboxylic acids is 2. The SMILES string of the molecule is CC(C)c1nccn1[C@H](C)C(=O)NCCNC(=O)c1ccccc1Cl. The third kappa shape index (κ3) is 4.82. The van der Waals surface area contributed by atoms with Crippen LogP contribution < -0.4 is 10.6 Å². The maximum Gasteiger partial charge on any atom is 0.252 e. The van der Waals surface area contributed by atoms with Gasteiger partial charge in [-0.1, -0.05) is 37.6 Å². The van der Waals surface area contributed by atoms with Gasteiger partial charge in [0.05, 0.1) is 10.6 Å². The average Bonchev–Trinajstić information content (AvgIpc) is 3.08. The van der Waals surface area contributed by atoms with Crippen molar-refractivity contribution in [3.8, 4) is 0 Å². The highest BCUT2D eigenvalue weighted by Crippen LogP contribution is 2.17. The first kappa shape index (κ1) is 19.0. The lowest BCUT2D eigenvalue weighted by Gasteiger charge is -2.18. The van der Waals surface area contributed by atoms with E-state index < -0.39 is 0 Å². The second-order valence-electron chi connectivity index (χ2n) is 6.05. The summed E-state index contributed by atoms with van der Waals surface area (Å²) in [4.78, 5) is 28.6. The fourth-order valence-corrected chi connectivity index (χ4v) is 2.70. The largest absolute Gasteiger partial charge is 0.353 e. The first-order chi connectivity index (χ1) is 11.9. The van der Waals surface area contributed by atoms with Crippen LogP contribution in [0.1, 0.15) is 48.9 Å². The summed E-state index contributed by atoms with van der Waals surface area (Å²) < 4.78 is 1.86. The quantitative estimate of drug-likeness (QED) is 0.743. The summed E-state index contributed by atoms with van der Waals surface area (Å²) in [5.74, 6) is 0.728. The molecule has 2 amide bonds. The van der Waals surface area contributed by atoms with Crippen molar-refractivity contribution in [3.05, 3.63) is 53.1 Å². The Hall–Kier alpha value is -2.34. The van der Waals surface area contributed by atoms with E-state index in [-0.39, 0.29) is 23.8 Å². The van der Waals surface area contributed by atoms with Crippen LogP contribution in [0.5, 0.6) is 0 Å². The Labute approximate surface area is 152 Å². The minimum absolute atomic E-state index is 0.119. The lowest BCUT2D eigenvalue weighted by atomic mass is 10.2. The molecule has 6 nitrogen and oxygen atoms in total. The van der Waals surface area contributed by atoms with Crippen molar-refractivity contribution < 1.29 is 9.59 Å². The van der Waals surface area contributed by atoms with Crippen LogP contribution in [-0.4, -0.2) is 34.5 Å². The number of imidazole rings is 1. The van der Waals surface area contributed by atoms with Crippen LogP contribution in [0.4, 0.5) is 0 Å². The number of rotatable bonds is 7. The highest BCUT2D eigenvalue weighted by Gasteiger charge is 2.18. The molecular weight excluding hydrogens is 340 g/mol. The highest BCUT2D eigenvalue weighted by atomic mass is 35.5. The molecule has 7 heteroatoms. The average molecular weight is 363 g/mol. The van der Waals surface area contributed by atoms with Gasteiger partial charge >= 0.3 is 0 Å². The number of nitrogens with one attached hydrogen (secondary N) is 2. The van der Waals surface area contributed by atoms with Crippen LogP contribution in [0.3, 0.4) is 0 Å². The summed E-state index contributed by atoms with van der Waals surface area (Å²) in [6.07, 6.45) is 3.50. The number of halogens is 1. The summed E-state index contributed by atoms with van der Waals surface area (Å²) in [6, 6.07) is 6.48. The number of benzene rings is 1. The molecule has 0 aliphatic heterocycles. The van der Waals surface area contributed by atoms with E-state index in [1.165, 1.54) is 0 Å². The molecule has 0 unspecified atom stereocenters.